The van der Waals surface area contributed by atoms with Gasteiger partial charge in [0.25, 0.3) is 5.91 Å². The first kappa shape index (κ1) is 19.9. The van der Waals surface area contributed by atoms with Crippen LogP contribution in [0.15, 0.2) is 77.5 Å². The minimum atomic E-state index is -0.258. The molecule has 0 bridgehead atoms. The summed E-state index contributed by atoms with van der Waals surface area (Å²) in [5.74, 6) is 0.819. The highest BCUT2D eigenvalue weighted by Crippen LogP contribution is 2.38. The Hall–Kier alpha value is -3.38. The molecule has 4 aromatic rings. The number of carbonyl (C=O) groups excluding carboxylic acids is 1. The molecule has 0 radical (unpaired) electrons. The molecule has 6 heteroatoms. The lowest BCUT2D eigenvalue weighted by atomic mass is 9.99. The molecule has 1 aromatic carbocycles. The van der Waals surface area contributed by atoms with Gasteiger partial charge < -0.3 is 15.1 Å². The fourth-order valence-corrected chi connectivity index (χ4v) is 4.30. The third-order valence-corrected chi connectivity index (χ3v) is 5.99. The number of hydrogen-bond acceptors (Lipinski definition) is 5. The molecule has 4 rings (SSSR count). The van der Waals surface area contributed by atoms with Gasteiger partial charge in [0.1, 0.15) is 10.8 Å². The van der Waals surface area contributed by atoms with Crippen LogP contribution in [0.25, 0.3) is 0 Å². The second-order valence-electron chi connectivity index (χ2n) is 6.99. The number of anilines is 2. The molecule has 30 heavy (non-hydrogen) atoms. The van der Waals surface area contributed by atoms with Gasteiger partial charge in [0.05, 0.1) is 12.3 Å². The average Bonchev–Trinajstić information content (AvgIpc) is 3.43. The van der Waals surface area contributed by atoms with E-state index in [2.05, 4.69) is 40.7 Å². The van der Waals surface area contributed by atoms with Crippen molar-refractivity contribution in [3.05, 3.63) is 100 Å². The Bertz CT molecular complexity index is 1120. The molecule has 0 fully saturated rings. The van der Waals surface area contributed by atoms with E-state index >= 15 is 0 Å². The standard InChI is InChI=1S/C24H23N3O2S/c1-3-18-15-19(24(30-18)27-23(28)20-10-7-13-29-20)22(17-8-5-4-6-9-17)26-21-14-16(2)11-12-25-21/h4-15,22H,3H2,1-2H3,(H,25,26)(H,27,28)/t22-/m0/s1. The summed E-state index contributed by atoms with van der Waals surface area (Å²) in [4.78, 5) is 18.3. The Balaban J connectivity index is 1.74. The van der Waals surface area contributed by atoms with E-state index in [4.69, 9.17) is 4.42 Å². The summed E-state index contributed by atoms with van der Waals surface area (Å²) in [6.07, 6.45) is 4.18. The highest BCUT2D eigenvalue weighted by atomic mass is 32.1. The van der Waals surface area contributed by atoms with Gasteiger partial charge in [-0.3, -0.25) is 4.79 Å². The van der Waals surface area contributed by atoms with Crippen molar-refractivity contribution in [2.24, 2.45) is 0 Å². The molecule has 5 nitrogen and oxygen atoms in total. The van der Waals surface area contributed by atoms with Crippen LogP contribution in [-0.4, -0.2) is 10.9 Å². The Kier molecular flexibility index (Phi) is 5.95. The largest absolute Gasteiger partial charge is 0.459 e. The zero-order valence-corrected chi connectivity index (χ0v) is 17.7. The van der Waals surface area contributed by atoms with Gasteiger partial charge in [-0.1, -0.05) is 37.3 Å². The molecule has 2 N–H and O–H groups in total. The van der Waals surface area contributed by atoms with E-state index < -0.39 is 0 Å². The summed E-state index contributed by atoms with van der Waals surface area (Å²) >= 11 is 1.59. The van der Waals surface area contributed by atoms with Crippen LogP contribution in [0.1, 0.15) is 45.1 Å². The van der Waals surface area contributed by atoms with Crippen LogP contribution in [0.2, 0.25) is 0 Å². The predicted octanol–water partition coefficient (Wildman–Crippen LogP) is 6.06. The number of pyridine rings is 1. The molecule has 0 aliphatic heterocycles. The lowest BCUT2D eigenvalue weighted by Crippen LogP contribution is -2.16. The number of benzene rings is 1. The van der Waals surface area contributed by atoms with Crippen LogP contribution < -0.4 is 10.6 Å². The van der Waals surface area contributed by atoms with Gasteiger partial charge in [-0.15, -0.1) is 11.3 Å². The van der Waals surface area contributed by atoms with Gasteiger partial charge in [0.2, 0.25) is 0 Å². The number of rotatable bonds is 7. The Labute approximate surface area is 179 Å². The number of aryl methyl sites for hydroxylation is 2. The van der Waals surface area contributed by atoms with E-state index in [1.54, 1.807) is 29.7 Å². The summed E-state index contributed by atoms with van der Waals surface area (Å²) in [6.45, 7) is 4.15. The molecule has 3 heterocycles. The van der Waals surface area contributed by atoms with Crippen molar-refractivity contribution in [2.45, 2.75) is 26.3 Å². The van der Waals surface area contributed by atoms with Crippen molar-refractivity contribution in [1.82, 2.24) is 4.98 Å². The SMILES string of the molecule is CCc1cc([C@@H](Nc2cc(C)ccn2)c2ccccc2)c(NC(=O)c2ccco2)s1. The Morgan fingerprint density at radius 3 is 2.67 bits per heavy atom. The van der Waals surface area contributed by atoms with Crippen LogP contribution in [0.4, 0.5) is 10.8 Å². The highest BCUT2D eigenvalue weighted by Gasteiger charge is 2.23. The number of hydrogen-bond donors (Lipinski definition) is 2. The predicted molar refractivity (Wildman–Crippen MR) is 121 cm³/mol. The lowest BCUT2D eigenvalue weighted by molar-refractivity contribution is 0.0997. The molecule has 152 valence electrons. The van der Waals surface area contributed by atoms with Crippen molar-refractivity contribution in [2.75, 3.05) is 10.6 Å². The summed E-state index contributed by atoms with van der Waals surface area (Å²) < 4.78 is 5.26. The smallest absolute Gasteiger partial charge is 0.291 e. The maximum atomic E-state index is 12.7. The maximum absolute atomic E-state index is 12.7. The van der Waals surface area contributed by atoms with E-state index in [0.717, 1.165) is 33.9 Å². The first-order chi connectivity index (χ1) is 14.6. The molecule has 1 atom stereocenters. The minimum Gasteiger partial charge on any atom is -0.459 e. The van der Waals surface area contributed by atoms with Crippen LogP contribution in [0.3, 0.4) is 0 Å². The van der Waals surface area contributed by atoms with E-state index in [1.807, 2.05) is 37.3 Å². The summed E-state index contributed by atoms with van der Waals surface area (Å²) in [6, 6.07) is 19.5. The lowest BCUT2D eigenvalue weighted by Gasteiger charge is -2.21. The van der Waals surface area contributed by atoms with Gasteiger partial charge in [0, 0.05) is 16.6 Å². The first-order valence-electron chi connectivity index (χ1n) is 9.85. The molecule has 3 aromatic heterocycles. The number of amides is 1. The van der Waals surface area contributed by atoms with Crippen LogP contribution in [0, 0.1) is 6.92 Å². The number of carbonyl (C=O) groups is 1. The van der Waals surface area contributed by atoms with Crippen molar-refractivity contribution >= 4 is 28.1 Å². The Morgan fingerprint density at radius 2 is 1.97 bits per heavy atom. The van der Waals surface area contributed by atoms with Crippen molar-refractivity contribution in [1.29, 1.82) is 0 Å². The van der Waals surface area contributed by atoms with Crippen LogP contribution in [0.5, 0.6) is 0 Å². The maximum Gasteiger partial charge on any atom is 0.291 e. The summed E-state index contributed by atoms with van der Waals surface area (Å²) in [7, 11) is 0. The van der Waals surface area contributed by atoms with Gasteiger partial charge in [-0.05, 0) is 54.8 Å². The van der Waals surface area contributed by atoms with Gasteiger partial charge in [0.15, 0.2) is 5.76 Å². The molecular weight excluding hydrogens is 394 g/mol. The molecule has 0 saturated carbocycles. The second-order valence-corrected chi connectivity index (χ2v) is 8.13. The summed E-state index contributed by atoms with van der Waals surface area (Å²) in [5.41, 5.74) is 3.23. The first-order valence-corrected chi connectivity index (χ1v) is 10.7. The normalized spacial score (nSPS) is 11.8. The fraction of sp³-hybridized carbons (Fsp3) is 0.167. The zero-order valence-electron chi connectivity index (χ0n) is 16.9. The van der Waals surface area contributed by atoms with Crippen molar-refractivity contribution in [3.8, 4) is 0 Å². The second kappa shape index (κ2) is 8.97. The number of nitrogens with zero attached hydrogens (tertiary/aromatic N) is 1. The average molecular weight is 418 g/mol. The minimum absolute atomic E-state index is 0.163. The Morgan fingerprint density at radius 1 is 1.13 bits per heavy atom. The number of aromatic nitrogens is 1. The third kappa shape index (κ3) is 4.44. The zero-order chi connectivity index (χ0) is 20.9. The topological polar surface area (TPSA) is 67.2 Å². The number of nitrogens with one attached hydrogen (secondary N) is 2. The summed E-state index contributed by atoms with van der Waals surface area (Å²) in [5, 5.41) is 7.41. The van der Waals surface area contributed by atoms with Crippen molar-refractivity contribution in [3.63, 3.8) is 0 Å². The van der Waals surface area contributed by atoms with Gasteiger partial charge in [-0.25, -0.2) is 4.98 Å². The molecule has 1 amide bonds. The number of furan rings is 1. The van der Waals surface area contributed by atoms with Crippen LogP contribution >= 0.6 is 11.3 Å². The monoisotopic (exact) mass is 417 g/mol. The molecule has 0 saturated heterocycles. The van der Waals surface area contributed by atoms with E-state index in [0.29, 0.717) is 0 Å². The van der Waals surface area contributed by atoms with E-state index in [-0.39, 0.29) is 17.7 Å². The van der Waals surface area contributed by atoms with Gasteiger partial charge in [-0.2, -0.15) is 0 Å². The molecule has 0 unspecified atom stereocenters. The van der Waals surface area contributed by atoms with E-state index in [1.165, 1.54) is 11.1 Å². The van der Waals surface area contributed by atoms with Crippen molar-refractivity contribution < 1.29 is 9.21 Å². The quantitative estimate of drug-likeness (QED) is 0.383. The van der Waals surface area contributed by atoms with Gasteiger partial charge >= 0.3 is 0 Å². The highest BCUT2D eigenvalue weighted by molar-refractivity contribution is 7.16. The molecular formula is C24H23N3O2S. The molecule has 0 aliphatic rings. The number of thiophene rings is 1. The van der Waals surface area contributed by atoms with Crippen LogP contribution in [-0.2, 0) is 6.42 Å². The molecule has 0 aliphatic carbocycles. The molecule has 0 spiro atoms. The fourth-order valence-electron chi connectivity index (χ4n) is 3.27. The third-order valence-electron chi connectivity index (χ3n) is 4.78. The van der Waals surface area contributed by atoms with E-state index in [9.17, 15) is 4.79 Å².